The normalized spacial score (nSPS) is 10.6. The predicted octanol–water partition coefficient (Wildman–Crippen LogP) is 2.01. The first-order chi connectivity index (χ1) is 5.34. The lowest BCUT2D eigenvalue weighted by atomic mass is 10.1. The van der Waals surface area contributed by atoms with Gasteiger partial charge >= 0.3 is 0 Å². The SMILES string of the molecule is Cc1ccccc1CC=CN. The second-order valence-electron chi connectivity index (χ2n) is 2.56. The van der Waals surface area contributed by atoms with Crippen molar-refractivity contribution in [3.8, 4) is 0 Å². The fraction of sp³-hybridized carbons (Fsp3) is 0.200. The summed E-state index contributed by atoms with van der Waals surface area (Å²) >= 11 is 0. The third-order valence-electron chi connectivity index (χ3n) is 1.74. The molecule has 1 aromatic carbocycles. The van der Waals surface area contributed by atoms with Crippen LogP contribution in [0.15, 0.2) is 36.5 Å². The molecule has 1 nitrogen and oxygen atoms in total. The van der Waals surface area contributed by atoms with E-state index in [1.54, 1.807) is 6.20 Å². The molecule has 11 heavy (non-hydrogen) atoms. The smallest absolute Gasteiger partial charge is 0.00777 e. The van der Waals surface area contributed by atoms with Gasteiger partial charge in [0.15, 0.2) is 0 Å². The Morgan fingerprint density at radius 1 is 1.36 bits per heavy atom. The zero-order valence-corrected chi connectivity index (χ0v) is 6.75. The van der Waals surface area contributed by atoms with Gasteiger partial charge in [0, 0.05) is 0 Å². The molecule has 0 aliphatic carbocycles. The highest BCUT2D eigenvalue weighted by molar-refractivity contribution is 5.27. The minimum absolute atomic E-state index is 0.934. The topological polar surface area (TPSA) is 26.0 Å². The summed E-state index contributed by atoms with van der Waals surface area (Å²) in [6, 6.07) is 8.33. The summed E-state index contributed by atoms with van der Waals surface area (Å²) in [7, 11) is 0. The summed E-state index contributed by atoms with van der Waals surface area (Å²) in [5, 5.41) is 0. The van der Waals surface area contributed by atoms with Crippen LogP contribution < -0.4 is 5.73 Å². The predicted molar refractivity (Wildman–Crippen MR) is 48.2 cm³/mol. The molecule has 0 bridgehead atoms. The van der Waals surface area contributed by atoms with Gasteiger partial charge in [-0.1, -0.05) is 30.3 Å². The second kappa shape index (κ2) is 3.81. The zero-order chi connectivity index (χ0) is 8.10. The molecule has 0 saturated carbocycles. The average Bonchev–Trinajstić information content (AvgIpc) is 2.03. The van der Waals surface area contributed by atoms with E-state index >= 15 is 0 Å². The van der Waals surface area contributed by atoms with E-state index in [0.717, 1.165) is 6.42 Å². The van der Waals surface area contributed by atoms with E-state index in [4.69, 9.17) is 5.73 Å². The van der Waals surface area contributed by atoms with Crippen molar-refractivity contribution in [3.05, 3.63) is 47.7 Å². The molecule has 0 heterocycles. The van der Waals surface area contributed by atoms with E-state index in [0.29, 0.717) is 0 Å². The van der Waals surface area contributed by atoms with E-state index in [-0.39, 0.29) is 0 Å². The summed E-state index contributed by atoms with van der Waals surface area (Å²) in [4.78, 5) is 0. The highest BCUT2D eigenvalue weighted by Gasteiger charge is 1.91. The van der Waals surface area contributed by atoms with Crippen LogP contribution in [0.4, 0.5) is 0 Å². The van der Waals surface area contributed by atoms with Crippen molar-refractivity contribution < 1.29 is 0 Å². The van der Waals surface area contributed by atoms with Crippen molar-refractivity contribution in [1.29, 1.82) is 0 Å². The molecule has 0 fully saturated rings. The van der Waals surface area contributed by atoms with Crippen LogP contribution in [0.1, 0.15) is 11.1 Å². The molecule has 0 radical (unpaired) electrons. The van der Waals surface area contributed by atoms with Crippen LogP contribution in [0.2, 0.25) is 0 Å². The summed E-state index contributed by atoms with van der Waals surface area (Å²) < 4.78 is 0. The van der Waals surface area contributed by atoms with E-state index < -0.39 is 0 Å². The Hall–Kier alpha value is -1.24. The molecular formula is C10H13N. The third-order valence-corrected chi connectivity index (χ3v) is 1.74. The largest absolute Gasteiger partial charge is 0.405 e. The maximum atomic E-state index is 5.25. The van der Waals surface area contributed by atoms with Crippen molar-refractivity contribution in [1.82, 2.24) is 0 Å². The van der Waals surface area contributed by atoms with Crippen LogP contribution in [0.3, 0.4) is 0 Å². The number of rotatable bonds is 2. The molecule has 0 aromatic heterocycles. The minimum atomic E-state index is 0.934. The van der Waals surface area contributed by atoms with Gasteiger partial charge in [-0.15, -0.1) is 0 Å². The van der Waals surface area contributed by atoms with Crippen molar-refractivity contribution in [2.24, 2.45) is 5.73 Å². The lowest BCUT2D eigenvalue weighted by Crippen LogP contribution is -1.86. The van der Waals surface area contributed by atoms with Gasteiger partial charge in [-0.2, -0.15) is 0 Å². The van der Waals surface area contributed by atoms with Crippen molar-refractivity contribution >= 4 is 0 Å². The van der Waals surface area contributed by atoms with Gasteiger partial charge in [-0.3, -0.25) is 0 Å². The quantitative estimate of drug-likeness (QED) is 0.680. The maximum absolute atomic E-state index is 5.25. The molecular weight excluding hydrogens is 134 g/mol. The van der Waals surface area contributed by atoms with Crippen LogP contribution >= 0.6 is 0 Å². The lowest BCUT2D eigenvalue weighted by Gasteiger charge is -1.99. The van der Waals surface area contributed by atoms with Crippen LogP contribution in [0.25, 0.3) is 0 Å². The first-order valence-corrected chi connectivity index (χ1v) is 3.76. The molecule has 1 heteroatoms. The first-order valence-electron chi connectivity index (χ1n) is 3.76. The summed E-state index contributed by atoms with van der Waals surface area (Å²) in [6.07, 6.45) is 4.48. The monoisotopic (exact) mass is 147 g/mol. The Morgan fingerprint density at radius 2 is 2.09 bits per heavy atom. The summed E-state index contributed by atoms with van der Waals surface area (Å²) in [5.41, 5.74) is 7.91. The van der Waals surface area contributed by atoms with Crippen molar-refractivity contribution in [3.63, 3.8) is 0 Å². The standard InChI is InChI=1S/C10H13N/c1-9-5-2-3-6-10(9)7-4-8-11/h2-6,8H,7,11H2,1H3. The van der Waals surface area contributed by atoms with Crippen molar-refractivity contribution in [2.75, 3.05) is 0 Å². The Balaban J connectivity index is 2.77. The van der Waals surface area contributed by atoms with E-state index in [1.807, 2.05) is 18.2 Å². The van der Waals surface area contributed by atoms with Crippen LogP contribution in [-0.4, -0.2) is 0 Å². The van der Waals surface area contributed by atoms with Gasteiger partial charge in [0.2, 0.25) is 0 Å². The van der Waals surface area contributed by atoms with Gasteiger partial charge < -0.3 is 5.73 Å². The van der Waals surface area contributed by atoms with Gasteiger partial charge in [0.05, 0.1) is 0 Å². The molecule has 0 atom stereocenters. The molecule has 2 N–H and O–H groups in total. The average molecular weight is 147 g/mol. The Kier molecular flexibility index (Phi) is 2.73. The Labute approximate surface area is 67.5 Å². The fourth-order valence-corrected chi connectivity index (χ4v) is 1.03. The molecule has 1 aromatic rings. The Morgan fingerprint density at radius 3 is 2.73 bits per heavy atom. The summed E-state index contributed by atoms with van der Waals surface area (Å²) in [5.74, 6) is 0. The molecule has 0 aliphatic heterocycles. The molecule has 0 aliphatic rings. The fourth-order valence-electron chi connectivity index (χ4n) is 1.03. The molecule has 0 saturated heterocycles. The molecule has 1 rings (SSSR count). The highest BCUT2D eigenvalue weighted by Crippen LogP contribution is 2.07. The van der Waals surface area contributed by atoms with Crippen LogP contribution in [-0.2, 0) is 6.42 Å². The summed E-state index contributed by atoms with van der Waals surface area (Å²) in [6.45, 7) is 2.11. The zero-order valence-electron chi connectivity index (χ0n) is 6.75. The number of allylic oxidation sites excluding steroid dienone is 1. The number of hydrogen-bond acceptors (Lipinski definition) is 1. The lowest BCUT2D eigenvalue weighted by molar-refractivity contribution is 1.20. The molecule has 0 spiro atoms. The Bertz CT molecular complexity index is 251. The van der Waals surface area contributed by atoms with E-state index in [9.17, 15) is 0 Å². The molecule has 0 unspecified atom stereocenters. The number of aryl methyl sites for hydroxylation is 1. The van der Waals surface area contributed by atoms with Gasteiger partial charge in [-0.25, -0.2) is 0 Å². The maximum Gasteiger partial charge on any atom is -0.00777 e. The van der Waals surface area contributed by atoms with Crippen molar-refractivity contribution in [2.45, 2.75) is 13.3 Å². The van der Waals surface area contributed by atoms with E-state index in [1.165, 1.54) is 11.1 Å². The number of hydrogen-bond donors (Lipinski definition) is 1. The highest BCUT2D eigenvalue weighted by atomic mass is 14.5. The van der Waals surface area contributed by atoms with Gasteiger partial charge in [0.25, 0.3) is 0 Å². The minimum Gasteiger partial charge on any atom is -0.405 e. The molecule has 58 valence electrons. The molecule has 0 amide bonds. The number of benzene rings is 1. The van der Waals surface area contributed by atoms with Crippen LogP contribution in [0.5, 0.6) is 0 Å². The second-order valence-corrected chi connectivity index (χ2v) is 2.56. The third kappa shape index (κ3) is 2.11. The van der Waals surface area contributed by atoms with Crippen LogP contribution in [0, 0.1) is 6.92 Å². The van der Waals surface area contributed by atoms with Gasteiger partial charge in [-0.05, 0) is 30.7 Å². The first kappa shape index (κ1) is 7.86. The number of nitrogens with two attached hydrogens (primary N) is 1. The van der Waals surface area contributed by atoms with E-state index in [2.05, 4.69) is 19.1 Å². The van der Waals surface area contributed by atoms with Gasteiger partial charge in [0.1, 0.15) is 0 Å².